The van der Waals surface area contributed by atoms with Crippen LogP contribution in [-0.4, -0.2) is 29.1 Å². The van der Waals surface area contributed by atoms with E-state index in [0.29, 0.717) is 0 Å². The number of fused-ring (bicyclic) bond motifs is 9. The maximum absolute atomic E-state index is 4.42. The van der Waals surface area contributed by atoms with Gasteiger partial charge in [-0.1, -0.05) is 36.4 Å². The summed E-state index contributed by atoms with van der Waals surface area (Å²) in [4.78, 5) is 17.4. The van der Waals surface area contributed by atoms with Gasteiger partial charge in [-0.25, -0.2) is 19.9 Å². The van der Waals surface area contributed by atoms with Gasteiger partial charge in [0.2, 0.25) is 0 Å². The van der Waals surface area contributed by atoms with Crippen LogP contribution in [0.5, 0.6) is 0 Å². The summed E-state index contributed by atoms with van der Waals surface area (Å²) in [7, 11) is 0. The Morgan fingerprint density at radius 3 is 1.43 bits per heavy atom. The fourth-order valence-electron chi connectivity index (χ4n) is 6.30. The SMILES string of the molecule is c1ccc2c(c1)c1c3c4ccccc4n(-c4ccc5ncncc5c4)c3ccc1n2-c1ccc2ncncc2c1. The van der Waals surface area contributed by atoms with Crippen molar-refractivity contribution in [2.75, 3.05) is 0 Å². The van der Waals surface area contributed by atoms with E-state index in [1.54, 1.807) is 12.7 Å². The average Bonchev–Trinajstić information content (AvgIpc) is 3.53. The Labute approximate surface area is 227 Å². The molecule has 0 radical (unpaired) electrons. The Balaban J connectivity index is 1.43. The Morgan fingerprint density at radius 2 is 0.925 bits per heavy atom. The molecular weight excluding hydrogens is 492 g/mol. The minimum atomic E-state index is 0.936. The molecule has 0 aliphatic heterocycles. The van der Waals surface area contributed by atoms with Gasteiger partial charge < -0.3 is 9.13 Å². The average molecular weight is 513 g/mol. The van der Waals surface area contributed by atoms with Crippen LogP contribution < -0.4 is 0 Å². The normalized spacial score (nSPS) is 12.0. The first-order chi connectivity index (χ1) is 19.8. The van der Waals surface area contributed by atoms with Gasteiger partial charge in [0.25, 0.3) is 0 Å². The van der Waals surface area contributed by atoms with Gasteiger partial charge in [0, 0.05) is 56.1 Å². The zero-order chi connectivity index (χ0) is 26.2. The largest absolute Gasteiger partial charge is 0.309 e. The molecular formula is C34H20N6. The highest BCUT2D eigenvalue weighted by atomic mass is 15.0. The van der Waals surface area contributed by atoms with Gasteiger partial charge in [-0.3, -0.25) is 0 Å². The second-order valence-electron chi connectivity index (χ2n) is 10.1. The molecule has 186 valence electrons. The molecule has 0 unspecified atom stereocenters. The van der Waals surface area contributed by atoms with Gasteiger partial charge in [-0.05, 0) is 60.7 Å². The van der Waals surface area contributed by atoms with Crippen LogP contribution >= 0.6 is 0 Å². The number of hydrogen-bond acceptors (Lipinski definition) is 4. The first-order valence-corrected chi connectivity index (χ1v) is 13.2. The fourth-order valence-corrected chi connectivity index (χ4v) is 6.30. The topological polar surface area (TPSA) is 61.4 Å². The van der Waals surface area contributed by atoms with Gasteiger partial charge in [0.1, 0.15) is 12.7 Å². The predicted molar refractivity (Wildman–Crippen MR) is 161 cm³/mol. The van der Waals surface area contributed by atoms with Crippen LogP contribution in [0.1, 0.15) is 0 Å². The van der Waals surface area contributed by atoms with E-state index in [4.69, 9.17) is 0 Å². The zero-order valence-electron chi connectivity index (χ0n) is 21.2. The van der Waals surface area contributed by atoms with Crippen molar-refractivity contribution in [3.63, 3.8) is 0 Å². The molecule has 0 amide bonds. The van der Waals surface area contributed by atoms with E-state index < -0.39 is 0 Å². The number of benzene rings is 5. The van der Waals surface area contributed by atoms with E-state index in [1.807, 2.05) is 12.4 Å². The summed E-state index contributed by atoms with van der Waals surface area (Å²) in [5, 5.41) is 6.98. The highest BCUT2D eigenvalue weighted by Crippen LogP contribution is 2.42. The molecule has 6 heteroatoms. The standard InChI is InChI=1S/C34H20N6/c1-3-7-29-25(5-1)33-31(39(29)23-9-11-27-21(15-23)17-35-19-37-27)13-14-32-34(33)26-6-2-4-8-30(26)40(32)24-10-12-28-22(16-24)18-36-20-38-28/h1-20H. The van der Waals surface area contributed by atoms with Crippen molar-refractivity contribution in [2.45, 2.75) is 0 Å². The monoisotopic (exact) mass is 512 g/mol. The van der Waals surface area contributed by atoms with Crippen molar-refractivity contribution in [3.8, 4) is 11.4 Å². The molecule has 4 aromatic heterocycles. The number of nitrogens with zero attached hydrogens (tertiary/aromatic N) is 6. The van der Waals surface area contributed by atoms with E-state index in [2.05, 4.69) is 126 Å². The maximum Gasteiger partial charge on any atom is 0.116 e. The summed E-state index contributed by atoms with van der Waals surface area (Å²) < 4.78 is 4.71. The van der Waals surface area contributed by atoms with Crippen LogP contribution in [0.2, 0.25) is 0 Å². The predicted octanol–water partition coefficient (Wildman–Crippen LogP) is 7.77. The van der Waals surface area contributed by atoms with Crippen LogP contribution in [0.15, 0.2) is 122 Å². The second kappa shape index (κ2) is 7.94. The van der Waals surface area contributed by atoms with Gasteiger partial charge in [-0.2, -0.15) is 0 Å². The molecule has 5 aromatic carbocycles. The summed E-state index contributed by atoms with van der Waals surface area (Å²) >= 11 is 0. The molecule has 9 aromatic rings. The van der Waals surface area contributed by atoms with Crippen molar-refractivity contribution in [2.24, 2.45) is 0 Å². The third-order valence-corrected chi connectivity index (χ3v) is 7.96. The summed E-state index contributed by atoms with van der Waals surface area (Å²) in [6.45, 7) is 0. The minimum absolute atomic E-state index is 0.936. The third kappa shape index (κ3) is 2.87. The van der Waals surface area contributed by atoms with Gasteiger partial charge in [-0.15, -0.1) is 0 Å². The number of rotatable bonds is 2. The van der Waals surface area contributed by atoms with Crippen LogP contribution in [0, 0.1) is 0 Å². The summed E-state index contributed by atoms with van der Waals surface area (Å²) in [6.07, 6.45) is 6.94. The van der Waals surface area contributed by atoms with Crippen LogP contribution in [0.3, 0.4) is 0 Å². The van der Waals surface area contributed by atoms with Crippen molar-refractivity contribution < 1.29 is 0 Å². The lowest BCUT2D eigenvalue weighted by molar-refractivity contribution is 1.17. The highest BCUT2D eigenvalue weighted by molar-refractivity contribution is 6.29. The molecule has 0 spiro atoms. The Hall–Kier alpha value is -5.62. The quantitative estimate of drug-likeness (QED) is 0.237. The molecule has 4 heterocycles. The molecule has 6 nitrogen and oxygen atoms in total. The summed E-state index contributed by atoms with van der Waals surface area (Å²) in [5.41, 5.74) is 8.72. The first kappa shape index (κ1) is 21.3. The molecule has 0 bridgehead atoms. The first-order valence-electron chi connectivity index (χ1n) is 13.2. The smallest absolute Gasteiger partial charge is 0.116 e. The lowest BCUT2D eigenvalue weighted by Gasteiger charge is -2.10. The van der Waals surface area contributed by atoms with Gasteiger partial charge >= 0.3 is 0 Å². The molecule has 0 aliphatic rings. The van der Waals surface area contributed by atoms with E-state index in [1.165, 1.54) is 43.6 Å². The van der Waals surface area contributed by atoms with Crippen LogP contribution in [0.25, 0.3) is 76.8 Å². The zero-order valence-corrected chi connectivity index (χ0v) is 21.2. The molecule has 9 rings (SSSR count). The Morgan fingerprint density at radius 1 is 0.450 bits per heavy atom. The van der Waals surface area contributed by atoms with E-state index in [-0.39, 0.29) is 0 Å². The van der Waals surface area contributed by atoms with Crippen LogP contribution in [-0.2, 0) is 0 Å². The van der Waals surface area contributed by atoms with Gasteiger partial charge in [0.15, 0.2) is 0 Å². The Kier molecular flexibility index (Phi) is 4.24. The van der Waals surface area contributed by atoms with E-state index >= 15 is 0 Å². The molecule has 0 saturated carbocycles. The summed E-state index contributed by atoms with van der Waals surface area (Å²) in [5.74, 6) is 0. The Bertz CT molecular complexity index is 2280. The molecule has 40 heavy (non-hydrogen) atoms. The van der Waals surface area contributed by atoms with Crippen molar-refractivity contribution in [1.82, 2.24) is 29.1 Å². The molecule has 0 saturated heterocycles. The highest BCUT2D eigenvalue weighted by Gasteiger charge is 2.20. The fraction of sp³-hybridized carbons (Fsp3) is 0. The molecule has 0 fully saturated rings. The molecule has 0 atom stereocenters. The number of aromatic nitrogens is 6. The van der Waals surface area contributed by atoms with E-state index in [0.717, 1.165) is 33.2 Å². The van der Waals surface area contributed by atoms with Crippen LogP contribution in [0.4, 0.5) is 0 Å². The lowest BCUT2D eigenvalue weighted by atomic mass is 10.1. The second-order valence-corrected chi connectivity index (χ2v) is 10.1. The van der Waals surface area contributed by atoms with Crippen molar-refractivity contribution in [1.29, 1.82) is 0 Å². The van der Waals surface area contributed by atoms with Gasteiger partial charge in [0.05, 0.1) is 33.1 Å². The van der Waals surface area contributed by atoms with Crippen molar-refractivity contribution in [3.05, 3.63) is 122 Å². The maximum atomic E-state index is 4.42. The third-order valence-electron chi connectivity index (χ3n) is 7.96. The number of para-hydroxylation sites is 2. The molecule has 0 N–H and O–H groups in total. The summed E-state index contributed by atoms with van der Waals surface area (Å²) in [6, 6.07) is 34.6. The number of hydrogen-bond donors (Lipinski definition) is 0. The lowest BCUT2D eigenvalue weighted by Crippen LogP contribution is -1.95. The van der Waals surface area contributed by atoms with E-state index in [9.17, 15) is 0 Å². The molecule has 0 aliphatic carbocycles. The van der Waals surface area contributed by atoms with Crippen molar-refractivity contribution >= 4 is 65.4 Å². The minimum Gasteiger partial charge on any atom is -0.309 e.